The van der Waals surface area contributed by atoms with E-state index in [9.17, 15) is 4.79 Å². The predicted molar refractivity (Wildman–Crippen MR) is 63.8 cm³/mol. The van der Waals surface area contributed by atoms with E-state index in [1.807, 2.05) is 23.6 Å². The van der Waals surface area contributed by atoms with E-state index in [4.69, 9.17) is 5.11 Å². The summed E-state index contributed by atoms with van der Waals surface area (Å²) in [5, 5.41) is 9.08. The van der Waals surface area contributed by atoms with Crippen LogP contribution in [0.3, 0.4) is 0 Å². The van der Waals surface area contributed by atoms with Gasteiger partial charge in [0.15, 0.2) is 5.69 Å². The predicted octanol–water partition coefficient (Wildman–Crippen LogP) is 2.75. The molecule has 0 radical (unpaired) electrons. The molecule has 0 atom stereocenters. The van der Waals surface area contributed by atoms with Crippen molar-refractivity contribution in [1.29, 1.82) is 0 Å². The quantitative estimate of drug-likeness (QED) is 0.942. The van der Waals surface area contributed by atoms with Gasteiger partial charge in [-0.2, -0.15) is 0 Å². The Morgan fingerprint density at radius 2 is 2.31 bits per heavy atom. The molecule has 0 aliphatic carbocycles. The second kappa shape index (κ2) is 4.25. The maximum atomic E-state index is 11.1. The molecular formula is C11H11BrN2O2. The second-order valence-electron chi connectivity index (χ2n) is 3.54. The molecule has 2 heterocycles. The number of hydrogen-bond acceptors (Lipinski definition) is 2. The highest BCUT2D eigenvalue weighted by Gasteiger charge is 2.17. The van der Waals surface area contributed by atoms with Crippen molar-refractivity contribution in [3.05, 3.63) is 34.2 Å². The van der Waals surface area contributed by atoms with Gasteiger partial charge in [0.1, 0.15) is 5.65 Å². The van der Waals surface area contributed by atoms with Crippen LogP contribution in [0.15, 0.2) is 22.8 Å². The Balaban J connectivity index is 2.71. The summed E-state index contributed by atoms with van der Waals surface area (Å²) in [5.74, 6) is -0.969. The summed E-state index contributed by atoms with van der Waals surface area (Å²) in [6.45, 7) is 2.02. The lowest BCUT2D eigenvalue weighted by Gasteiger charge is -2.01. The van der Waals surface area contributed by atoms with Gasteiger partial charge in [0, 0.05) is 10.7 Å². The monoisotopic (exact) mass is 282 g/mol. The van der Waals surface area contributed by atoms with Crippen molar-refractivity contribution in [1.82, 2.24) is 9.38 Å². The molecule has 0 bridgehead atoms. The van der Waals surface area contributed by atoms with Gasteiger partial charge in [0.2, 0.25) is 0 Å². The molecular weight excluding hydrogens is 272 g/mol. The summed E-state index contributed by atoms with van der Waals surface area (Å²) in [7, 11) is 0. The van der Waals surface area contributed by atoms with Gasteiger partial charge < -0.3 is 9.51 Å². The number of pyridine rings is 1. The first-order chi connectivity index (χ1) is 7.63. The zero-order valence-corrected chi connectivity index (χ0v) is 10.4. The number of rotatable bonds is 3. The van der Waals surface area contributed by atoms with E-state index >= 15 is 0 Å². The summed E-state index contributed by atoms with van der Waals surface area (Å²) in [6, 6.07) is 3.65. The molecule has 4 nitrogen and oxygen atoms in total. The first kappa shape index (κ1) is 11.1. The summed E-state index contributed by atoms with van der Waals surface area (Å²) >= 11 is 3.37. The zero-order valence-electron chi connectivity index (χ0n) is 8.77. The van der Waals surface area contributed by atoms with E-state index in [0.717, 1.165) is 16.6 Å². The van der Waals surface area contributed by atoms with E-state index in [1.54, 1.807) is 6.07 Å². The van der Waals surface area contributed by atoms with Crippen LogP contribution in [-0.4, -0.2) is 20.5 Å². The minimum absolute atomic E-state index is 0.153. The van der Waals surface area contributed by atoms with Crippen molar-refractivity contribution in [2.24, 2.45) is 0 Å². The lowest BCUT2D eigenvalue weighted by Crippen LogP contribution is -2.03. The number of nitrogens with zero attached hydrogens (tertiary/aromatic N) is 2. The Hall–Kier alpha value is -1.36. The van der Waals surface area contributed by atoms with Gasteiger partial charge in [-0.05, 0) is 34.5 Å². The number of fused-ring (bicyclic) bond motifs is 1. The average molecular weight is 283 g/mol. The van der Waals surface area contributed by atoms with Crippen LogP contribution in [0, 0.1) is 0 Å². The molecule has 2 rings (SSSR count). The molecule has 5 heteroatoms. The normalized spacial score (nSPS) is 10.9. The number of aromatic carboxylic acids is 1. The molecule has 16 heavy (non-hydrogen) atoms. The third-order valence-corrected chi connectivity index (χ3v) is 2.84. The van der Waals surface area contributed by atoms with Crippen molar-refractivity contribution in [3.8, 4) is 0 Å². The Bertz CT molecular complexity index is 548. The van der Waals surface area contributed by atoms with Crippen LogP contribution >= 0.6 is 15.9 Å². The Morgan fingerprint density at radius 3 is 2.94 bits per heavy atom. The Morgan fingerprint density at radius 1 is 1.56 bits per heavy atom. The standard InChI is InChI=1S/C11H11BrN2O2/c1-2-3-8-10(11(15)16)13-9-5-4-7(12)6-14(8)9/h4-6H,2-3H2,1H3,(H,15,16). The molecule has 0 unspecified atom stereocenters. The van der Waals surface area contributed by atoms with Gasteiger partial charge in [-0.15, -0.1) is 0 Å². The second-order valence-corrected chi connectivity index (χ2v) is 4.45. The van der Waals surface area contributed by atoms with E-state index in [1.165, 1.54) is 0 Å². The third kappa shape index (κ3) is 1.82. The zero-order chi connectivity index (χ0) is 11.7. The molecule has 0 fully saturated rings. The molecule has 0 saturated carbocycles. The highest BCUT2D eigenvalue weighted by molar-refractivity contribution is 9.10. The molecule has 1 N–H and O–H groups in total. The molecule has 2 aromatic rings. The van der Waals surface area contributed by atoms with E-state index in [0.29, 0.717) is 12.1 Å². The molecule has 0 aromatic carbocycles. The summed E-state index contributed by atoms with van der Waals surface area (Å²) in [4.78, 5) is 15.2. The third-order valence-electron chi connectivity index (χ3n) is 2.37. The fraction of sp³-hybridized carbons (Fsp3) is 0.273. The lowest BCUT2D eigenvalue weighted by molar-refractivity contribution is 0.0690. The van der Waals surface area contributed by atoms with Gasteiger partial charge in [0.05, 0.1) is 5.69 Å². The fourth-order valence-corrected chi connectivity index (χ4v) is 2.05. The van der Waals surface area contributed by atoms with Crippen LogP contribution in [0.5, 0.6) is 0 Å². The summed E-state index contributed by atoms with van der Waals surface area (Å²) in [6.07, 6.45) is 3.44. The van der Waals surface area contributed by atoms with Crippen LogP contribution in [0.25, 0.3) is 5.65 Å². The van der Waals surface area contributed by atoms with Gasteiger partial charge in [-0.25, -0.2) is 9.78 Å². The van der Waals surface area contributed by atoms with E-state index in [-0.39, 0.29) is 5.69 Å². The highest BCUT2D eigenvalue weighted by atomic mass is 79.9. The van der Waals surface area contributed by atoms with Crippen LogP contribution in [0.1, 0.15) is 29.5 Å². The smallest absolute Gasteiger partial charge is 0.356 e. The summed E-state index contributed by atoms with van der Waals surface area (Å²) < 4.78 is 2.74. The fourth-order valence-electron chi connectivity index (χ4n) is 1.71. The molecule has 0 saturated heterocycles. The van der Waals surface area contributed by atoms with Gasteiger partial charge in [0.25, 0.3) is 0 Å². The van der Waals surface area contributed by atoms with Crippen molar-refractivity contribution in [2.75, 3.05) is 0 Å². The minimum atomic E-state index is -0.969. The number of halogens is 1. The molecule has 2 aromatic heterocycles. The van der Waals surface area contributed by atoms with Crippen LogP contribution in [0.4, 0.5) is 0 Å². The molecule has 0 aliphatic heterocycles. The number of imidazole rings is 1. The topological polar surface area (TPSA) is 54.6 Å². The molecule has 0 amide bonds. The van der Waals surface area contributed by atoms with Crippen molar-refractivity contribution >= 4 is 27.5 Å². The summed E-state index contributed by atoms with van der Waals surface area (Å²) in [5.41, 5.74) is 1.58. The lowest BCUT2D eigenvalue weighted by atomic mass is 10.2. The minimum Gasteiger partial charge on any atom is -0.476 e. The van der Waals surface area contributed by atoms with Crippen LogP contribution < -0.4 is 0 Å². The molecule has 0 spiro atoms. The van der Waals surface area contributed by atoms with E-state index < -0.39 is 5.97 Å². The highest BCUT2D eigenvalue weighted by Crippen LogP contribution is 2.18. The Labute approximate surface area is 101 Å². The largest absolute Gasteiger partial charge is 0.476 e. The molecule has 84 valence electrons. The van der Waals surface area contributed by atoms with Crippen LogP contribution in [0.2, 0.25) is 0 Å². The van der Waals surface area contributed by atoms with Crippen molar-refractivity contribution in [3.63, 3.8) is 0 Å². The first-order valence-corrected chi connectivity index (χ1v) is 5.82. The van der Waals surface area contributed by atoms with Crippen molar-refractivity contribution in [2.45, 2.75) is 19.8 Å². The molecule has 0 aliphatic rings. The number of carbonyl (C=O) groups is 1. The van der Waals surface area contributed by atoms with E-state index in [2.05, 4.69) is 20.9 Å². The average Bonchev–Trinajstić information content (AvgIpc) is 2.58. The number of aryl methyl sites for hydroxylation is 1. The maximum absolute atomic E-state index is 11.1. The Kier molecular flexibility index (Phi) is 2.96. The maximum Gasteiger partial charge on any atom is 0.356 e. The van der Waals surface area contributed by atoms with Gasteiger partial charge in [-0.3, -0.25) is 0 Å². The number of hydrogen-bond donors (Lipinski definition) is 1. The van der Waals surface area contributed by atoms with Gasteiger partial charge >= 0.3 is 5.97 Å². The first-order valence-electron chi connectivity index (χ1n) is 5.03. The number of aromatic nitrogens is 2. The number of carboxylic acids is 1. The SMILES string of the molecule is CCCc1c(C(=O)O)nc2ccc(Br)cn12. The van der Waals surface area contributed by atoms with Gasteiger partial charge in [-0.1, -0.05) is 13.3 Å². The van der Waals surface area contributed by atoms with Crippen LogP contribution in [-0.2, 0) is 6.42 Å². The van der Waals surface area contributed by atoms with Crippen molar-refractivity contribution < 1.29 is 9.90 Å². The number of carboxylic acid groups (broad SMARTS) is 1.